The first-order chi connectivity index (χ1) is 17.7. The molecule has 4 aliphatic heterocycles. The van der Waals surface area contributed by atoms with Crippen molar-refractivity contribution in [1.29, 1.82) is 0 Å². The van der Waals surface area contributed by atoms with Gasteiger partial charge >= 0.3 is 5.97 Å². The molecule has 0 fully saturated rings. The maximum absolute atomic E-state index is 12.8. The Bertz CT molecular complexity index is 1150. The van der Waals surface area contributed by atoms with E-state index in [0.717, 1.165) is 55.4 Å². The van der Waals surface area contributed by atoms with Crippen molar-refractivity contribution >= 4 is 5.97 Å². The lowest BCUT2D eigenvalue weighted by Gasteiger charge is -2.38. The van der Waals surface area contributed by atoms with Crippen molar-refractivity contribution < 1.29 is 19.0 Å². The number of hydrazine groups is 1. The number of carbonyl (C=O) groups is 1. The number of benzene rings is 2. The van der Waals surface area contributed by atoms with Gasteiger partial charge in [0.25, 0.3) is 0 Å². The van der Waals surface area contributed by atoms with Crippen molar-refractivity contribution in [2.24, 2.45) is 5.92 Å². The van der Waals surface area contributed by atoms with Gasteiger partial charge in [-0.1, -0.05) is 48.5 Å². The molecule has 0 aromatic heterocycles. The summed E-state index contributed by atoms with van der Waals surface area (Å²) in [4.78, 5) is 17.4. The lowest BCUT2D eigenvalue weighted by Crippen LogP contribution is -2.52. The number of fused-ring (bicyclic) bond motifs is 3. The van der Waals surface area contributed by atoms with Crippen LogP contribution in [0.15, 0.2) is 78.3 Å². The van der Waals surface area contributed by atoms with Crippen LogP contribution in [-0.2, 0) is 16.1 Å². The van der Waals surface area contributed by atoms with Gasteiger partial charge in [-0.25, -0.2) is 10.2 Å². The third-order valence-corrected chi connectivity index (χ3v) is 7.22. The van der Waals surface area contributed by atoms with E-state index in [1.54, 1.807) is 0 Å². The minimum atomic E-state index is -0.266. The molecule has 2 aromatic carbocycles. The minimum absolute atomic E-state index is 0.0310. The Morgan fingerprint density at radius 1 is 1.00 bits per heavy atom. The molecule has 36 heavy (non-hydrogen) atoms. The monoisotopic (exact) mass is 488 g/mol. The maximum Gasteiger partial charge on any atom is 0.334 e. The fraction of sp³-hybridized carbons (Fsp3) is 0.393. The van der Waals surface area contributed by atoms with E-state index in [9.17, 15) is 4.79 Å². The van der Waals surface area contributed by atoms with E-state index >= 15 is 0 Å². The smallest absolute Gasteiger partial charge is 0.334 e. The molecular weight excluding hydrogens is 456 g/mol. The minimum Gasteiger partial charge on any atom is -0.486 e. The Hall–Kier alpha value is -3.33. The molecule has 188 valence electrons. The summed E-state index contributed by atoms with van der Waals surface area (Å²) in [6.07, 6.45) is 6.08. The number of nitrogens with one attached hydrogen (secondary N) is 2. The molecule has 6 rings (SSSR count). The molecule has 4 heterocycles. The van der Waals surface area contributed by atoms with Crippen LogP contribution in [0.3, 0.4) is 0 Å². The van der Waals surface area contributed by atoms with Crippen LogP contribution < -0.4 is 20.3 Å². The summed E-state index contributed by atoms with van der Waals surface area (Å²) in [6, 6.07) is 18.1. The zero-order chi connectivity index (χ0) is 24.3. The van der Waals surface area contributed by atoms with Crippen molar-refractivity contribution in [1.82, 2.24) is 20.7 Å². The number of carbonyl (C=O) groups excluding carboxylic acids is 1. The van der Waals surface area contributed by atoms with Gasteiger partial charge in [0.15, 0.2) is 11.5 Å². The summed E-state index contributed by atoms with van der Waals surface area (Å²) in [7, 11) is 0. The van der Waals surface area contributed by atoms with Crippen LogP contribution >= 0.6 is 0 Å². The van der Waals surface area contributed by atoms with Gasteiger partial charge in [-0.05, 0) is 37.1 Å². The predicted octanol–water partition coefficient (Wildman–Crippen LogP) is 2.80. The molecule has 0 bridgehead atoms. The Labute approximate surface area is 211 Å². The first kappa shape index (κ1) is 23.1. The predicted molar refractivity (Wildman–Crippen MR) is 135 cm³/mol. The van der Waals surface area contributed by atoms with Crippen molar-refractivity contribution in [3.8, 4) is 11.5 Å². The Morgan fingerprint density at radius 2 is 1.81 bits per heavy atom. The average Bonchev–Trinajstić information content (AvgIpc) is 3.34. The summed E-state index contributed by atoms with van der Waals surface area (Å²) in [5, 5.41) is 0. The standard InChI is InChI=1S/C28H32N4O4/c33-28-27-21(12-14-32(27)23-15-29-30-16-26(23)36-28)9-6-13-31(17-20-7-2-1-3-8-20)18-22-19-34-24-10-4-5-11-25(24)35-22/h1-5,7-8,10-12,14,21-22,27,29-30H,6,9,13,15-19H2. The lowest BCUT2D eigenvalue weighted by atomic mass is 9.95. The van der Waals surface area contributed by atoms with Crippen molar-refractivity contribution in [2.75, 3.05) is 32.8 Å². The quantitative estimate of drug-likeness (QED) is 0.550. The van der Waals surface area contributed by atoms with Gasteiger partial charge in [-0.2, -0.15) is 0 Å². The number of nitrogens with zero attached hydrogens (tertiary/aromatic N) is 2. The van der Waals surface area contributed by atoms with Gasteiger partial charge in [0.1, 0.15) is 24.5 Å². The summed E-state index contributed by atoms with van der Waals surface area (Å²) < 4.78 is 17.9. The fourth-order valence-electron chi connectivity index (χ4n) is 5.48. The second-order valence-electron chi connectivity index (χ2n) is 9.72. The molecular formula is C28H32N4O4. The summed E-state index contributed by atoms with van der Waals surface area (Å²) in [5.74, 6) is 2.33. The fourth-order valence-corrected chi connectivity index (χ4v) is 5.48. The molecule has 2 aromatic rings. The van der Waals surface area contributed by atoms with Crippen LogP contribution in [0.25, 0.3) is 0 Å². The third-order valence-electron chi connectivity index (χ3n) is 7.22. The van der Waals surface area contributed by atoms with Crippen molar-refractivity contribution in [2.45, 2.75) is 31.5 Å². The summed E-state index contributed by atoms with van der Waals surface area (Å²) >= 11 is 0. The second kappa shape index (κ2) is 10.3. The first-order valence-electron chi connectivity index (χ1n) is 12.8. The Morgan fingerprint density at radius 3 is 2.69 bits per heavy atom. The molecule has 0 saturated heterocycles. The lowest BCUT2D eigenvalue weighted by molar-refractivity contribution is -0.148. The van der Waals surface area contributed by atoms with E-state index in [2.05, 4.69) is 57.2 Å². The highest BCUT2D eigenvalue weighted by atomic mass is 16.6. The Kier molecular flexibility index (Phi) is 6.63. The van der Waals surface area contributed by atoms with E-state index in [1.165, 1.54) is 5.56 Å². The first-order valence-corrected chi connectivity index (χ1v) is 12.8. The number of para-hydroxylation sites is 2. The van der Waals surface area contributed by atoms with Crippen LogP contribution in [0.1, 0.15) is 18.4 Å². The van der Waals surface area contributed by atoms with Crippen LogP contribution in [-0.4, -0.2) is 60.7 Å². The highest BCUT2D eigenvalue weighted by molar-refractivity contribution is 5.80. The van der Waals surface area contributed by atoms with Gasteiger partial charge in [0.05, 0.1) is 18.8 Å². The highest BCUT2D eigenvalue weighted by Crippen LogP contribution is 2.35. The van der Waals surface area contributed by atoms with Gasteiger partial charge in [0.2, 0.25) is 0 Å². The third kappa shape index (κ3) is 4.84. The van der Waals surface area contributed by atoms with E-state index < -0.39 is 0 Å². The second-order valence-corrected chi connectivity index (χ2v) is 9.72. The molecule has 2 N–H and O–H groups in total. The average molecular weight is 489 g/mol. The highest BCUT2D eigenvalue weighted by Gasteiger charge is 2.43. The van der Waals surface area contributed by atoms with Gasteiger partial charge in [-0.3, -0.25) is 10.3 Å². The molecule has 0 aliphatic carbocycles. The molecule has 3 unspecified atom stereocenters. The molecule has 8 nitrogen and oxygen atoms in total. The number of ether oxygens (including phenoxy) is 3. The number of esters is 1. The topological polar surface area (TPSA) is 75.3 Å². The van der Waals surface area contributed by atoms with Crippen LogP contribution in [0, 0.1) is 5.92 Å². The SMILES string of the molecule is O=C1OC2=C(CNNC2)N2C=CC(CCCN(Cc3ccccc3)CC3COc4ccccc4O3)C12. The van der Waals surface area contributed by atoms with Gasteiger partial charge < -0.3 is 19.1 Å². The van der Waals surface area contributed by atoms with E-state index in [1.807, 2.05) is 30.3 Å². The van der Waals surface area contributed by atoms with E-state index in [4.69, 9.17) is 14.2 Å². The van der Waals surface area contributed by atoms with Crippen molar-refractivity contribution in [3.63, 3.8) is 0 Å². The zero-order valence-electron chi connectivity index (χ0n) is 20.3. The zero-order valence-corrected chi connectivity index (χ0v) is 20.3. The van der Waals surface area contributed by atoms with Gasteiger partial charge in [-0.15, -0.1) is 0 Å². The molecule has 8 heteroatoms. The molecule has 0 spiro atoms. The van der Waals surface area contributed by atoms with Crippen LogP contribution in [0.4, 0.5) is 0 Å². The van der Waals surface area contributed by atoms with E-state index in [-0.39, 0.29) is 24.0 Å². The molecule has 0 amide bonds. The normalized spacial score (nSPS) is 24.5. The van der Waals surface area contributed by atoms with Gasteiger partial charge in [0, 0.05) is 25.2 Å². The van der Waals surface area contributed by atoms with Crippen molar-refractivity contribution in [3.05, 3.63) is 83.9 Å². The summed E-state index contributed by atoms with van der Waals surface area (Å²) in [6.45, 7) is 4.23. The largest absolute Gasteiger partial charge is 0.486 e. The molecule has 4 aliphatic rings. The Balaban J connectivity index is 1.09. The summed E-state index contributed by atoms with van der Waals surface area (Å²) in [5.41, 5.74) is 8.52. The molecule has 0 saturated carbocycles. The van der Waals surface area contributed by atoms with Crippen LogP contribution in [0.2, 0.25) is 0 Å². The number of rotatable bonds is 8. The number of hydrogen-bond acceptors (Lipinski definition) is 8. The maximum atomic E-state index is 12.8. The number of hydrogen-bond donors (Lipinski definition) is 2. The van der Waals surface area contributed by atoms with E-state index in [0.29, 0.717) is 19.7 Å². The van der Waals surface area contributed by atoms with Crippen LogP contribution in [0.5, 0.6) is 11.5 Å². The molecule has 3 atom stereocenters. The molecule has 0 radical (unpaired) electrons.